The number of hydrogen-bond donors (Lipinski definition) is 1. The molecule has 5 rings (SSSR count). The molecule has 176 valence electrons. The lowest BCUT2D eigenvalue weighted by atomic mass is 9.69. The summed E-state index contributed by atoms with van der Waals surface area (Å²) in [7, 11) is 4.38. The van der Waals surface area contributed by atoms with E-state index in [4.69, 9.17) is 4.74 Å². The minimum Gasteiger partial charge on any atom is -0.378 e. The molecule has 1 aromatic carbocycles. The zero-order chi connectivity index (χ0) is 22.9. The summed E-state index contributed by atoms with van der Waals surface area (Å²) in [4.78, 5) is 28.3. The Kier molecular flexibility index (Phi) is 5.97. The number of aromatic nitrogens is 2. The van der Waals surface area contributed by atoms with Crippen LogP contribution in [-0.4, -0.2) is 78.9 Å². The summed E-state index contributed by atoms with van der Waals surface area (Å²) in [5.41, 5.74) is 2.07. The Bertz CT molecular complexity index is 951. The van der Waals surface area contributed by atoms with Crippen molar-refractivity contribution in [2.45, 2.75) is 43.2 Å². The minimum atomic E-state index is -0.184. The number of nitrogens with one attached hydrogen (secondary N) is 1. The lowest BCUT2D eigenvalue weighted by Gasteiger charge is -2.48. The van der Waals surface area contributed by atoms with Crippen molar-refractivity contribution >= 4 is 17.7 Å². The highest BCUT2D eigenvalue weighted by atomic mass is 16.5. The number of urea groups is 1. The molecule has 0 bridgehead atoms. The zero-order valence-corrected chi connectivity index (χ0v) is 19.7. The first-order valence-corrected chi connectivity index (χ1v) is 11.9. The highest BCUT2D eigenvalue weighted by Crippen LogP contribution is 2.42. The van der Waals surface area contributed by atoms with Gasteiger partial charge in [-0.2, -0.15) is 0 Å². The van der Waals surface area contributed by atoms with Crippen molar-refractivity contribution in [1.82, 2.24) is 20.2 Å². The molecule has 3 fully saturated rings. The fourth-order valence-electron chi connectivity index (χ4n) is 5.53. The largest absolute Gasteiger partial charge is 0.378 e. The smallest absolute Gasteiger partial charge is 0.322 e. The maximum absolute atomic E-state index is 12.9. The van der Waals surface area contributed by atoms with Gasteiger partial charge in [0.25, 0.3) is 0 Å². The molecule has 1 saturated carbocycles. The van der Waals surface area contributed by atoms with E-state index in [1.54, 1.807) is 12.4 Å². The molecule has 33 heavy (non-hydrogen) atoms. The minimum absolute atomic E-state index is 0.0434. The summed E-state index contributed by atoms with van der Waals surface area (Å²) >= 11 is 0. The average Bonchev–Trinajstić information content (AvgIpc) is 3.18. The predicted octanol–water partition coefficient (Wildman–Crippen LogP) is 2.70. The summed E-state index contributed by atoms with van der Waals surface area (Å²) in [6, 6.07) is 10.7. The summed E-state index contributed by atoms with van der Waals surface area (Å²) in [6.07, 6.45) is 8.62. The van der Waals surface area contributed by atoms with Crippen LogP contribution in [0.1, 0.15) is 31.2 Å². The van der Waals surface area contributed by atoms with Gasteiger partial charge in [-0.25, -0.2) is 14.8 Å². The number of benzene rings is 1. The molecule has 3 heterocycles. The second-order valence-electron chi connectivity index (χ2n) is 9.92. The van der Waals surface area contributed by atoms with E-state index in [0.29, 0.717) is 25.7 Å². The summed E-state index contributed by atoms with van der Waals surface area (Å²) in [5, 5.41) is 3.32. The van der Waals surface area contributed by atoms with Gasteiger partial charge in [0.05, 0.1) is 43.4 Å². The van der Waals surface area contributed by atoms with Crippen LogP contribution >= 0.6 is 0 Å². The van der Waals surface area contributed by atoms with Gasteiger partial charge in [-0.05, 0) is 51.8 Å². The Morgan fingerprint density at radius 1 is 1.03 bits per heavy atom. The monoisotopic (exact) mass is 450 g/mol. The maximum atomic E-state index is 12.9. The van der Waals surface area contributed by atoms with Crippen LogP contribution in [0.4, 0.5) is 16.4 Å². The van der Waals surface area contributed by atoms with Gasteiger partial charge < -0.3 is 19.9 Å². The van der Waals surface area contributed by atoms with Crippen LogP contribution in [0, 0.1) is 0 Å². The third kappa shape index (κ3) is 4.42. The van der Waals surface area contributed by atoms with E-state index in [0.717, 1.165) is 50.9 Å². The first-order valence-electron chi connectivity index (χ1n) is 11.9. The normalized spacial score (nSPS) is 27.9. The maximum Gasteiger partial charge on any atom is 0.322 e. The highest BCUT2D eigenvalue weighted by molar-refractivity contribution is 5.95. The van der Waals surface area contributed by atoms with Crippen LogP contribution in [0.15, 0.2) is 42.7 Å². The fraction of sp³-hybridized carbons (Fsp3) is 0.560. The number of nitrogens with zero attached hydrogens (tertiary/aromatic N) is 5. The SMILES string of the molecule is CN(C)C1(Cc2ccccc2)CCC2(CC1)CN(c1cnc(N3CCOCC3)nc1)C(=O)N2. The van der Waals surface area contributed by atoms with Crippen molar-refractivity contribution in [2.24, 2.45) is 0 Å². The van der Waals surface area contributed by atoms with E-state index >= 15 is 0 Å². The van der Waals surface area contributed by atoms with Crippen LogP contribution in [0.2, 0.25) is 0 Å². The first kappa shape index (κ1) is 22.1. The summed E-state index contributed by atoms with van der Waals surface area (Å²) in [6.45, 7) is 3.65. The molecule has 0 atom stereocenters. The van der Waals surface area contributed by atoms with E-state index in [2.05, 4.69) is 69.5 Å². The Labute approximate surface area is 195 Å². The van der Waals surface area contributed by atoms with Crippen molar-refractivity contribution in [3.05, 3.63) is 48.3 Å². The van der Waals surface area contributed by atoms with Crippen LogP contribution < -0.4 is 15.1 Å². The second kappa shape index (κ2) is 8.91. The van der Waals surface area contributed by atoms with Crippen LogP contribution in [0.3, 0.4) is 0 Å². The van der Waals surface area contributed by atoms with Crippen molar-refractivity contribution in [1.29, 1.82) is 0 Å². The molecule has 8 nitrogen and oxygen atoms in total. The van der Waals surface area contributed by atoms with E-state index in [-0.39, 0.29) is 17.1 Å². The molecule has 2 saturated heterocycles. The summed E-state index contributed by atoms with van der Waals surface area (Å²) in [5.74, 6) is 0.700. The quantitative estimate of drug-likeness (QED) is 0.755. The number of rotatable bonds is 5. The van der Waals surface area contributed by atoms with E-state index in [9.17, 15) is 4.79 Å². The number of likely N-dealkylation sites (N-methyl/N-ethyl adjacent to an activating group) is 1. The Morgan fingerprint density at radius 2 is 1.70 bits per heavy atom. The number of amides is 2. The molecule has 8 heteroatoms. The third-order valence-electron chi connectivity index (χ3n) is 7.77. The topological polar surface area (TPSA) is 73.8 Å². The fourth-order valence-corrected chi connectivity index (χ4v) is 5.53. The second-order valence-corrected chi connectivity index (χ2v) is 9.92. The van der Waals surface area contributed by atoms with Crippen LogP contribution in [-0.2, 0) is 11.2 Å². The Morgan fingerprint density at radius 3 is 2.33 bits per heavy atom. The molecular formula is C25H34N6O2. The number of anilines is 2. The van der Waals surface area contributed by atoms with E-state index in [1.165, 1.54) is 5.56 Å². The highest BCUT2D eigenvalue weighted by Gasteiger charge is 2.49. The molecular weight excluding hydrogens is 416 g/mol. The van der Waals surface area contributed by atoms with Gasteiger partial charge in [-0.3, -0.25) is 4.90 Å². The number of ether oxygens (including phenoxy) is 1. The molecule has 3 aliphatic rings. The van der Waals surface area contributed by atoms with Crippen LogP contribution in [0.5, 0.6) is 0 Å². The Balaban J connectivity index is 1.26. The first-order chi connectivity index (χ1) is 16.0. The van der Waals surface area contributed by atoms with Gasteiger partial charge in [-0.15, -0.1) is 0 Å². The van der Waals surface area contributed by atoms with E-state index in [1.807, 2.05) is 4.90 Å². The molecule has 2 amide bonds. The van der Waals surface area contributed by atoms with Crippen molar-refractivity contribution < 1.29 is 9.53 Å². The summed E-state index contributed by atoms with van der Waals surface area (Å²) < 4.78 is 5.41. The standard InChI is InChI=1S/C25H34N6O2/c1-29(2)25(16-20-6-4-3-5-7-20)10-8-24(9-11-25)19-31(23(32)28-24)21-17-26-22(27-18-21)30-12-14-33-15-13-30/h3-7,17-18H,8-16,19H2,1-2H3,(H,28,32). The molecule has 2 aromatic rings. The van der Waals surface area contributed by atoms with Gasteiger partial charge in [0.15, 0.2) is 0 Å². The van der Waals surface area contributed by atoms with Crippen molar-refractivity contribution in [3.8, 4) is 0 Å². The van der Waals surface area contributed by atoms with Crippen molar-refractivity contribution in [2.75, 3.05) is 56.7 Å². The predicted molar refractivity (Wildman–Crippen MR) is 129 cm³/mol. The van der Waals surface area contributed by atoms with Gasteiger partial charge in [0.1, 0.15) is 0 Å². The molecule has 0 unspecified atom stereocenters. The third-order valence-corrected chi connectivity index (χ3v) is 7.77. The van der Waals surface area contributed by atoms with E-state index < -0.39 is 0 Å². The lowest BCUT2D eigenvalue weighted by molar-refractivity contribution is 0.0680. The van der Waals surface area contributed by atoms with Gasteiger partial charge >= 0.3 is 6.03 Å². The van der Waals surface area contributed by atoms with Crippen molar-refractivity contribution in [3.63, 3.8) is 0 Å². The number of morpholine rings is 1. The lowest BCUT2D eigenvalue weighted by Crippen LogP contribution is -2.56. The van der Waals surface area contributed by atoms with Crippen LogP contribution in [0.25, 0.3) is 0 Å². The molecule has 1 N–H and O–H groups in total. The molecule has 1 aromatic heterocycles. The number of carbonyl (C=O) groups excluding carboxylic acids is 1. The molecule has 1 spiro atoms. The number of hydrogen-bond acceptors (Lipinski definition) is 6. The molecule has 0 radical (unpaired) electrons. The number of carbonyl (C=O) groups is 1. The van der Waals surface area contributed by atoms with Gasteiger partial charge in [0.2, 0.25) is 5.95 Å². The zero-order valence-electron chi connectivity index (χ0n) is 19.7. The van der Waals surface area contributed by atoms with Gasteiger partial charge in [-0.1, -0.05) is 30.3 Å². The molecule has 2 aliphatic heterocycles. The van der Waals surface area contributed by atoms with Gasteiger partial charge in [0, 0.05) is 18.6 Å². The Hall–Kier alpha value is -2.71. The average molecular weight is 451 g/mol. The molecule has 1 aliphatic carbocycles.